The van der Waals surface area contributed by atoms with Crippen LogP contribution in [0, 0.1) is 20.8 Å². The molecule has 20 heavy (non-hydrogen) atoms. The van der Waals surface area contributed by atoms with Crippen LogP contribution in [-0.4, -0.2) is 32.1 Å². The summed E-state index contributed by atoms with van der Waals surface area (Å²) < 4.78 is 5.73. The molecule has 0 saturated carbocycles. The summed E-state index contributed by atoms with van der Waals surface area (Å²) in [5, 5.41) is 5.95. The summed E-state index contributed by atoms with van der Waals surface area (Å²) in [6.07, 6.45) is 0.378. The van der Waals surface area contributed by atoms with Crippen LogP contribution in [0.15, 0.2) is 12.1 Å². The van der Waals surface area contributed by atoms with Gasteiger partial charge in [0.15, 0.2) is 0 Å². The average molecular weight is 278 g/mol. The van der Waals surface area contributed by atoms with E-state index in [9.17, 15) is 4.79 Å². The first-order chi connectivity index (χ1) is 9.43. The van der Waals surface area contributed by atoms with E-state index >= 15 is 0 Å². The molecule has 112 valence electrons. The van der Waals surface area contributed by atoms with E-state index in [4.69, 9.17) is 4.74 Å². The third kappa shape index (κ3) is 5.21. The summed E-state index contributed by atoms with van der Waals surface area (Å²) in [6.45, 7) is 9.22. The number of rotatable bonds is 7. The fourth-order valence-electron chi connectivity index (χ4n) is 1.86. The Hall–Kier alpha value is -1.55. The van der Waals surface area contributed by atoms with Gasteiger partial charge in [0.1, 0.15) is 5.75 Å². The molecular formula is C16H26N2O2. The molecule has 1 aromatic carbocycles. The quantitative estimate of drug-likeness (QED) is 0.803. The van der Waals surface area contributed by atoms with Crippen LogP contribution in [0.5, 0.6) is 5.75 Å². The van der Waals surface area contributed by atoms with Gasteiger partial charge >= 0.3 is 0 Å². The Morgan fingerprint density at radius 1 is 1.30 bits per heavy atom. The second-order valence-electron chi connectivity index (χ2n) is 5.30. The molecular weight excluding hydrogens is 252 g/mol. The van der Waals surface area contributed by atoms with Gasteiger partial charge in [0.05, 0.1) is 13.0 Å². The number of carbonyl (C=O) groups is 1. The van der Waals surface area contributed by atoms with Crippen molar-refractivity contribution in [1.82, 2.24) is 10.6 Å². The molecule has 0 heterocycles. The van der Waals surface area contributed by atoms with Gasteiger partial charge in [-0.05, 0) is 57.5 Å². The van der Waals surface area contributed by atoms with Gasteiger partial charge in [0, 0.05) is 12.6 Å². The molecule has 0 aliphatic carbocycles. The number of hydrogen-bond acceptors (Lipinski definition) is 3. The predicted molar refractivity (Wildman–Crippen MR) is 82.3 cm³/mol. The minimum absolute atomic E-state index is 0.0223. The normalized spacial score (nSPS) is 12.1. The number of amides is 1. The van der Waals surface area contributed by atoms with Crippen LogP contribution >= 0.6 is 0 Å². The molecule has 4 nitrogen and oxygen atoms in total. The van der Waals surface area contributed by atoms with E-state index in [1.807, 2.05) is 33.9 Å². The lowest BCUT2D eigenvalue weighted by molar-refractivity contribution is -0.121. The van der Waals surface area contributed by atoms with Crippen LogP contribution in [0.1, 0.15) is 30.0 Å². The SMILES string of the molecule is CNC(C)CNC(=O)CCOc1cc(C)cc(C)c1C. The van der Waals surface area contributed by atoms with Crippen LogP contribution in [0.25, 0.3) is 0 Å². The number of carbonyl (C=O) groups excluding carboxylic acids is 1. The van der Waals surface area contributed by atoms with E-state index in [1.54, 1.807) is 0 Å². The van der Waals surface area contributed by atoms with Crippen LogP contribution in [0.2, 0.25) is 0 Å². The van der Waals surface area contributed by atoms with Crippen molar-refractivity contribution in [2.45, 2.75) is 40.2 Å². The Labute approximate surface area is 121 Å². The highest BCUT2D eigenvalue weighted by Gasteiger charge is 2.07. The summed E-state index contributed by atoms with van der Waals surface area (Å²) >= 11 is 0. The zero-order chi connectivity index (χ0) is 15.1. The molecule has 1 atom stereocenters. The van der Waals surface area contributed by atoms with Crippen molar-refractivity contribution in [3.63, 3.8) is 0 Å². The molecule has 1 rings (SSSR count). The van der Waals surface area contributed by atoms with E-state index in [1.165, 1.54) is 11.1 Å². The van der Waals surface area contributed by atoms with Gasteiger partial charge < -0.3 is 15.4 Å². The third-order valence-corrected chi connectivity index (χ3v) is 3.45. The minimum Gasteiger partial charge on any atom is -0.493 e. The Morgan fingerprint density at radius 2 is 2.00 bits per heavy atom. The topological polar surface area (TPSA) is 50.4 Å². The molecule has 2 N–H and O–H groups in total. The first-order valence-electron chi connectivity index (χ1n) is 7.08. The number of benzene rings is 1. The van der Waals surface area contributed by atoms with Crippen molar-refractivity contribution in [2.75, 3.05) is 20.2 Å². The number of likely N-dealkylation sites (N-methyl/N-ethyl adjacent to an activating group) is 1. The Kier molecular flexibility index (Phi) is 6.52. The molecule has 0 aromatic heterocycles. The molecule has 0 aliphatic rings. The van der Waals surface area contributed by atoms with E-state index in [0.29, 0.717) is 19.6 Å². The van der Waals surface area contributed by atoms with Gasteiger partial charge in [-0.1, -0.05) is 6.07 Å². The van der Waals surface area contributed by atoms with Crippen LogP contribution in [0.3, 0.4) is 0 Å². The highest BCUT2D eigenvalue weighted by molar-refractivity contribution is 5.76. The molecule has 1 unspecified atom stereocenters. The number of ether oxygens (including phenoxy) is 1. The lowest BCUT2D eigenvalue weighted by Crippen LogP contribution is -2.37. The van der Waals surface area contributed by atoms with Gasteiger partial charge in [-0.3, -0.25) is 4.79 Å². The lowest BCUT2D eigenvalue weighted by atomic mass is 10.1. The molecule has 1 aromatic rings. The molecule has 0 saturated heterocycles. The standard InChI is InChI=1S/C16H26N2O2/c1-11-8-12(2)14(4)15(9-11)20-7-6-16(19)18-10-13(3)17-5/h8-9,13,17H,6-7,10H2,1-5H3,(H,18,19). The molecule has 0 spiro atoms. The van der Waals surface area contributed by atoms with Gasteiger partial charge in [-0.25, -0.2) is 0 Å². The monoisotopic (exact) mass is 278 g/mol. The summed E-state index contributed by atoms with van der Waals surface area (Å²) in [7, 11) is 1.88. The van der Waals surface area contributed by atoms with E-state index in [-0.39, 0.29) is 11.9 Å². The zero-order valence-electron chi connectivity index (χ0n) is 13.2. The summed E-state index contributed by atoms with van der Waals surface area (Å²) in [4.78, 5) is 11.7. The summed E-state index contributed by atoms with van der Waals surface area (Å²) in [6, 6.07) is 4.43. The largest absolute Gasteiger partial charge is 0.493 e. The molecule has 4 heteroatoms. The van der Waals surface area contributed by atoms with E-state index in [2.05, 4.69) is 23.6 Å². The van der Waals surface area contributed by atoms with Gasteiger partial charge in [0.2, 0.25) is 5.91 Å². The molecule has 0 fully saturated rings. The fourth-order valence-corrected chi connectivity index (χ4v) is 1.86. The van der Waals surface area contributed by atoms with Crippen molar-refractivity contribution in [3.8, 4) is 5.75 Å². The Balaban J connectivity index is 2.39. The van der Waals surface area contributed by atoms with E-state index in [0.717, 1.165) is 11.3 Å². The summed E-state index contributed by atoms with van der Waals surface area (Å²) in [5.74, 6) is 0.896. The molecule has 0 radical (unpaired) electrons. The first-order valence-corrected chi connectivity index (χ1v) is 7.08. The van der Waals surface area contributed by atoms with Gasteiger partial charge in [-0.2, -0.15) is 0 Å². The molecule has 0 bridgehead atoms. The minimum atomic E-state index is 0.0223. The van der Waals surface area contributed by atoms with Crippen molar-refractivity contribution in [1.29, 1.82) is 0 Å². The Bertz CT molecular complexity index is 458. The average Bonchev–Trinajstić information content (AvgIpc) is 2.41. The van der Waals surface area contributed by atoms with Crippen molar-refractivity contribution in [3.05, 3.63) is 28.8 Å². The number of aryl methyl sites for hydroxylation is 2. The van der Waals surface area contributed by atoms with Crippen molar-refractivity contribution in [2.24, 2.45) is 0 Å². The maximum absolute atomic E-state index is 11.7. The van der Waals surface area contributed by atoms with Crippen LogP contribution < -0.4 is 15.4 Å². The molecule has 1 amide bonds. The Morgan fingerprint density at radius 3 is 2.65 bits per heavy atom. The predicted octanol–water partition coefficient (Wildman–Crippen LogP) is 2.10. The number of nitrogens with one attached hydrogen (secondary N) is 2. The highest BCUT2D eigenvalue weighted by atomic mass is 16.5. The lowest BCUT2D eigenvalue weighted by Gasteiger charge is -2.13. The smallest absolute Gasteiger partial charge is 0.223 e. The maximum Gasteiger partial charge on any atom is 0.223 e. The van der Waals surface area contributed by atoms with Crippen molar-refractivity contribution >= 4 is 5.91 Å². The van der Waals surface area contributed by atoms with Crippen LogP contribution in [0.4, 0.5) is 0 Å². The number of hydrogen-bond donors (Lipinski definition) is 2. The van der Waals surface area contributed by atoms with Gasteiger partial charge in [0.25, 0.3) is 0 Å². The zero-order valence-corrected chi connectivity index (χ0v) is 13.2. The second-order valence-corrected chi connectivity index (χ2v) is 5.30. The highest BCUT2D eigenvalue weighted by Crippen LogP contribution is 2.23. The van der Waals surface area contributed by atoms with Gasteiger partial charge in [-0.15, -0.1) is 0 Å². The van der Waals surface area contributed by atoms with E-state index < -0.39 is 0 Å². The summed E-state index contributed by atoms with van der Waals surface area (Å²) in [5.41, 5.74) is 3.53. The first kappa shape index (κ1) is 16.5. The van der Waals surface area contributed by atoms with Crippen LogP contribution in [-0.2, 0) is 4.79 Å². The maximum atomic E-state index is 11.7. The molecule has 0 aliphatic heterocycles. The third-order valence-electron chi connectivity index (χ3n) is 3.45. The van der Waals surface area contributed by atoms with Crippen molar-refractivity contribution < 1.29 is 9.53 Å². The second kappa shape index (κ2) is 7.90. The fraction of sp³-hybridized carbons (Fsp3) is 0.562.